The fourth-order valence-electron chi connectivity index (χ4n) is 2.61. The third kappa shape index (κ3) is 4.54. The Hall–Kier alpha value is -2.67. The number of halogens is 1. The molecule has 0 N–H and O–H groups in total. The number of hydrogen-bond donors (Lipinski definition) is 0. The smallest absolute Gasteiger partial charge is 0.191 e. The molecule has 7 heteroatoms. The van der Waals surface area contributed by atoms with Crippen LogP contribution in [0.4, 0.5) is 4.39 Å². The second-order valence-electron chi connectivity index (χ2n) is 6.19. The van der Waals surface area contributed by atoms with Crippen LogP contribution in [0.3, 0.4) is 0 Å². The van der Waals surface area contributed by atoms with Crippen LogP contribution >= 0.6 is 11.8 Å². The molecule has 0 saturated carbocycles. The number of nitrogens with zero attached hydrogens (tertiary/aromatic N) is 3. The second kappa shape index (κ2) is 8.35. The van der Waals surface area contributed by atoms with Gasteiger partial charge in [-0.15, -0.1) is 10.2 Å². The van der Waals surface area contributed by atoms with E-state index in [0.29, 0.717) is 23.2 Å². The number of benzene rings is 2. The van der Waals surface area contributed by atoms with Gasteiger partial charge in [0, 0.05) is 12.6 Å². The molecule has 27 heavy (non-hydrogen) atoms. The van der Waals surface area contributed by atoms with Crippen LogP contribution in [0, 0.1) is 19.7 Å². The molecule has 1 aromatic heterocycles. The Morgan fingerprint density at radius 3 is 2.44 bits per heavy atom. The van der Waals surface area contributed by atoms with Crippen molar-refractivity contribution in [3.63, 3.8) is 0 Å². The molecular weight excluding hydrogens is 365 g/mol. The minimum Gasteiger partial charge on any atom is -0.485 e. The van der Waals surface area contributed by atoms with E-state index in [-0.39, 0.29) is 17.4 Å². The predicted molar refractivity (Wildman–Crippen MR) is 103 cm³/mol. The van der Waals surface area contributed by atoms with Crippen LogP contribution in [0.25, 0.3) is 0 Å². The van der Waals surface area contributed by atoms with E-state index in [1.165, 1.54) is 36.0 Å². The third-order valence-corrected chi connectivity index (χ3v) is 5.20. The minimum absolute atomic E-state index is 0.0867. The van der Waals surface area contributed by atoms with Gasteiger partial charge in [0.2, 0.25) is 0 Å². The number of rotatable bonds is 7. The van der Waals surface area contributed by atoms with E-state index >= 15 is 0 Å². The van der Waals surface area contributed by atoms with Crippen molar-refractivity contribution in [1.29, 1.82) is 0 Å². The monoisotopic (exact) mass is 385 g/mol. The second-order valence-corrected chi connectivity index (χ2v) is 7.13. The summed E-state index contributed by atoms with van der Waals surface area (Å²) in [6, 6.07) is 11.5. The van der Waals surface area contributed by atoms with Gasteiger partial charge in [0.1, 0.15) is 18.2 Å². The molecular formula is C20H20FN3O2S. The Morgan fingerprint density at radius 2 is 1.78 bits per heavy atom. The topological polar surface area (TPSA) is 57.0 Å². The molecule has 0 radical (unpaired) electrons. The summed E-state index contributed by atoms with van der Waals surface area (Å²) in [4.78, 5) is 12.2. The van der Waals surface area contributed by atoms with Crippen molar-refractivity contribution in [3.8, 4) is 5.75 Å². The van der Waals surface area contributed by atoms with Crippen molar-refractivity contribution < 1.29 is 13.9 Å². The number of ether oxygens (including phenoxy) is 1. The van der Waals surface area contributed by atoms with E-state index in [2.05, 4.69) is 10.2 Å². The highest BCUT2D eigenvalue weighted by Crippen LogP contribution is 2.24. The van der Waals surface area contributed by atoms with Crippen molar-refractivity contribution in [2.75, 3.05) is 5.75 Å². The maximum atomic E-state index is 13.0. The summed E-state index contributed by atoms with van der Waals surface area (Å²) in [6.45, 7) is 4.30. The van der Waals surface area contributed by atoms with Gasteiger partial charge in [-0.05, 0) is 49.2 Å². The van der Waals surface area contributed by atoms with Gasteiger partial charge in [-0.1, -0.05) is 30.0 Å². The van der Waals surface area contributed by atoms with Crippen molar-refractivity contribution in [1.82, 2.24) is 14.8 Å². The largest absolute Gasteiger partial charge is 0.485 e. The number of thioether (sulfide) groups is 1. The first-order chi connectivity index (χ1) is 13.0. The lowest BCUT2D eigenvalue weighted by atomic mass is 10.1. The maximum Gasteiger partial charge on any atom is 0.191 e. The molecule has 140 valence electrons. The number of Topliss-reactive ketones (excluding diaryl/α,β-unsaturated/α-hetero) is 1. The molecule has 0 unspecified atom stereocenters. The summed E-state index contributed by atoms with van der Waals surface area (Å²) in [5, 5.41) is 8.93. The van der Waals surface area contributed by atoms with Gasteiger partial charge in [-0.3, -0.25) is 4.79 Å². The summed E-state index contributed by atoms with van der Waals surface area (Å²) in [5.41, 5.74) is 2.61. The number of para-hydroxylation sites is 1. The SMILES string of the molecule is Cc1cccc(C)c1OCc1nnc(SCC(=O)c2ccc(F)cc2)n1C. The zero-order valence-corrected chi connectivity index (χ0v) is 16.2. The zero-order valence-electron chi connectivity index (χ0n) is 15.4. The van der Waals surface area contributed by atoms with Crippen LogP contribution in [-0.4, -0.2) is 26.3 Å². The molecule has 0 aliphatic carbocycles. The third-order valence-electron chi connectivity index (χ3n) is 4.18. The lowest BCUT2D eigenvalue weighted by Gasteiger charge is -2.11. The summed E-state index contributed by atoms with van der Waals surface area (Å²) in [7, 11) is 1.84. The molecule has 0 aliphatic rings. The van der Waals surface area contributed by atoms with E-state index in [4.69, 9.17) is 4.74 Å². The summed E-state index contributed by atoms with van der Waals surface area (Å²) >= 11 is 1.29. The lowest BCUT2D eigenvalue weighted by Crippen LogP contribution is -2.07. The normalized spacial score (nSPS) is 10.8. The average Bonchev–Trinajstić information content (AvgIpc) is 3.00. The van der Waals surface area contributed by atoms with Crippen LogP contribution in [0.1, 0.15) is 27.3 Å². The van der Waals surface area contributed by atoms with E-state index in [9.17, 15) is 9.18 Å². The van der Waals surface area contributed by atoms with E-state index in [0.717, 1.165) is 16.9 Å². The standard InChI is InChI=1S/C20H20FN3O2S/c1-13-5-4-6-14(2)19(13)26-11-18-22-23-20(24(18)3)27-12-17(25)15-7-9-16(21)10-8-15/h4-10H,11-12H2,1-3H3. The Balaban J connectivity index is 1.61. The molecule has 0 atom stereocenters. The van der Waals surface area contributed by atoms with Crippen molar-refractivity contribution in [2.45, 2.75) is 25.6 Å². The molecule has 0 fully saturated rings. The number of carbonyl (C=O) groups excluding carboxylic acids is 1. The van der Waals surface area contributed by atoms with Crippen molar-refractivity contribution in [3.05, 3.63) is 70.8 Å². The van der Waals surface area contributed by atoms with E-state index < -0.39 is 0 Å². The quantitative estimate of drug-likeness (QED) is 0.452. The molecule has 5 nitrogen and oxygen atoms in total. The fourth-order valence-corrected chi connectivity index (χ4v) is 3.43. The van der Waals surface area contributed by atoms with Gasteiger partial charge < -0.3 is 9.30 Å². The zero-order chi connectivity index (χ0) is 19.4. The van der Waals surface area contributed by atoms with Crippen LogP contribution in [0.5, 0.6) is 5.75 Å². The molecule has 0 saturated heterocycles. The number of ketones is 1. The predicted octanol–water partition coefficient (Wildman–Crippen LogP) is 4.13. The summed E-state index contributed by atoms with van der Waals surface area (Å²) in [6.07, 6.45) is 0. The Bertz CT molecular complexity index is 934. The number of hydrogen-bond acceptors (Lipinski definition) is 5. The first kappa shape index (κ1) is 19.1. The lowest BCUT2D eigenvalue weighted by molar-refractivity contribution is 0.102. The van der Waals surface area contributed by atoms with Gasteiger partial charge in [0.05, 0.1) is 5.75 Å². The first-order valence-corrected chi connectivity index (χ1v) is 9.43. The fraction of sp³-hybridized carbons (Fsp3) is 0.250. The van der Waals surface area contributed by atoms with Crippen molar-refractivity contribution in [2.24, 2.45) is 7.05 Å². The molecule has 0 amide bonds. The highest BCUT2D eigenvalue weighted by Gasteiger charge is 2.14. The summed E-state index contributed by atoms with van der Waals surface area (Å²) in [5.74, 6) is 1.28. The van der Waals surface area contributed by atoms with Gasteiger partial charge >= 0.3 is 0 Å². The van der Waals surface area contributed by atoms with Gasteiger partial charge in [0.15, 0.2) is 16.8 Å². The first-order valence-electron chi connectivity index (χ1n) is 8.44. The molecule has 0 aliphatic heterocycles. The molecule has 2 aromatic carbocycles. The maximum absolute atomic E-state index is 13.0. The number of aryl methyl sites for hydroxylation is 2. The van der Waals surface area contributed by atoms with Gasteiger partial charge in [-0.25, -0.2) is 4.39 Å². The molecule has 3 aromatic rings. The Morgan fingerprint density at radius 1 is 1.11 bits per heavy atom. The number of carbonyl (C=O) groups is 1. The average molecular weight is 385 g/mol. The molecule has 3 rings (SSSR count). The molecule has 0 spiro atoms. The van der Waals surface area contributed by atoms with Gasteiger partial charge in [-0.2, -0.15) is 0 Å². The van der Waals surface area contributed by atoms with Crippen LogP contribution in [0.15, 0.2) is 47.6 Å². The highest BCUT2D eigenvalue weighted by molar-refractivity contribution is 7.99. The van der Waals surface area contributed by atoms with E-state index in [1.807, 2.05) is 43.7 Å². The van der Waals surface area contributed by atoms with E-state index in [1.54, 1.807) is 0 Å². The number of aromatic nitrogens is 3. The van der Waals surface area contributed by atoms with Crippen LogP contribution in [0.2, 0.25) is 0 Å². The van der Waals surface area contributed by atoms with Crippen molar-refractivity contribution >= 4 is 17.5 Å². The highest BCUT2D eigenvalue weighted by atomic mass is 32.2. The van der Waals surface area contributed by atoms with Crippen LogP contribution in [-0.2, 0) is 13.7 Å². The van der Waals surface area contributed by atoms with Crippen LogP contribution < -0.4 is 4.74 Å². The molecule has 1 heterocycles. The Labute approximate surface area is 161 Å². The summed E-state index contributed by atoms with van der Waals surface area (Å²) < 4.78 is 20.7. The molecule has 0 bridgehead atoms. The van der Waals surface area contributed by atoms with Gasteiger partial charge in [0.25, 0.3) is 0 Å². The minimum atomic E-state index is -0.360. The Kier molecular flexibility index (Phi) is 5.91.